The van der Waals surface area contributed by atoms with E-state index in [2.05, 4.69) is 10.4 Å². The van der Waals surface area contributed by atoms with Crippen molar-refractivity contribution in [3.63, 3.8) is 0 Å². The molecule has 0 unspecified atom stereocenters. The zero-order valence-electron chi connectivity index (χ0n) is 12.4. The van der Waals surface area contributed by atoms with E-state index in [4.69, 9.17) is 11.6 Å². The van der Waals surface area contributed by atoms with Crippen molar-refractivity contribution in [2.75, 3.05) is 6.54 Å². The molecule has 0 aliphatic carbocycles. The molecular formula is C13H10ClF4N3O3S. The molecule has 2 aromatic rings. The third-order valence-electron chi connectivity index (χ3n) is 2.98. The highest BCUT2D eigenvalue weighted by molar-refractivity contribution is 7.91. The Labute approximate surface area is 144 Å². The molecule has 0 bridgehead atoms. The first-order chi connectivity index (χ1) is 11.5. The van der Waals surface area contributed by atoms with Crippen LogP contribution < -0.4 is 5.32 Å². The van der Waals surface area contributed by atoms with E-state index in [0.717, 1.165) is 6.20 Å². The lowest BCUT2D eigenvalue weighted by Crippen LogP contribution is -2.28. The quantitative estimate of drug-likeness (QED) is 0.635. The van der Waals surface area contributed by atoms with Crippen molar-refractivity contribution in [3.8, 4) is 0 Å². The molecule has 1 heterocycles. The predicted octanol–water partition coefficient (Wildman–Crippen LogP) is 3.10. The second-order valence-corrected chi connectivity index (χ2v) is 6.98. The van der Waals surface area contributed by atoms with Gasteiger partial charge in [0.05, 0.1) is 21.7 Å². The van der Waals surface area contributed by atoms with Gasteiger partial charge in [-0.25, -0.2) is 17.6 Å². The maximum Gasteiger partial charge on any atom is 0.419 e. The van der Waals surface area contributed by atoms with Crippen LogP contribution in [0.25, 0.3) is 0 Å². The fraction of sp³-hybridized carbons (Fsp3) is 0.231. The van der Waals surface area contributed by atoms with E-state index in [9.17, 15) is 30.8 Å². The largest absolute Gasteiger partial charge is 0.419 e. The number of aromatic nitrogens is 2. The molecule has 0 saturated heterocycles. The summed E-state index contributed by atoms with van der Waals surface area (Å²) in [5.41, 5.74) is -1.74. The molecule has 0 aliphatic heterocycles. The van der Waals surface area contributed by atoms with Gasteiger partial charge in [0.2, 0.25) is 14.9 Å². The zero-order valence-corrected chi connectivity index (χ0v) is 14.0. The molecule has 0 atom stereocenters. The lowest BCUT2D eigenvalue weighted by molar-refractivity contribution is -0.140. The van der Waals surface area contributed by atoms with Gasteiger partial charge in [-0.1, -0.05) is 11.6 Å². The predicted molar refractivity (Wildman–Crippen MR) is 78.6 cm³/mol. The lowest BCUT2D eigenvalue weighted by Gasteiger charge is -2.10. The molecule has 0 aliphatic rings. The molecule has 1 amide bonds. The highest BCUT2D eigenvalue weighted by atomic mass is 35.5. The summed E-state index contributed by atoms with van der Waals surface area (Å²) in [5, 5.41) is 4.55. The summed E-state index contributed by atoms with van der Waals surface area (Å²) >= 11 is 5.75. The summed E-state index contributed by atoms with van der Waals surface area (Å²) in [5.74, 6) is -1.62. The first-order valence-corrected chi connectivity index (χ1v) is 8.49. The first kappa shape index (κ1) is 19.2. The second kappa shape index (κ2) is 6.64. The van der Waals surface area contributed by atoms with Crippen LogP contribution in [0.15, 0.2) is 34.3 Å². The number of hydrogen-bond acceptors (Lipinski definition) is 4. The molecular weight excluding hydrogens is 390 g/mol. The average Bonchev–Trinajstić information content (AvgIpc) is 2.89. The van der Waals surface area contributed by atoms with Crippen LogP contribution >= 0.6 is 11.6 Å². The highest BCUT2D eigenvalue weighted by Gasteiger charge is 2.36. The highest BCUT2D eigenvalue weighted by Crippen LogP contribution is 2.34. The number of carbonyl (C=O) groups excluding carboxylic acids is 1. The van der Waals surface area contributed by atoms with E-state index >= 15 is 0 Å². The number of nitrogens with one attached hydrogen (secondary N) is 1. The van der Waals surface area contributed by atoms with E-state index in [0.29, 0.717) is 16.8 Å². The third-order valence-corrected chi connectivity index (χ3v) is 5.06. The minimum atomic E-state index is -5.08. The number of hydrogen-bond donors (Lipinski definition) is 1. The van der Waals surface area contributed by atoms with Crippen LogP contribution in [0.5, 0.6) is 0 Å². The number of halogens is 5. The molecule has 12 heteroatoms. The van der Waals surface area contributed by atoms with Gasteiger partial charge in [0, 0.05) is 6.54 Å². The Morgan fingerprint density at radius 1 is 1.36 bits per heavy atom. The number of rotatable bonds is 3. The Bertz CT molecular complexity index is 925. The summed E-state index contributed by atoms with van der Waals surface area (Å²) in [4.78, 5) is 10.8. The van der Waals surface area contributed by atoms with E-state index in [1.54, 1.807) is 6.92 Å². The van der Waals surface area contributed by atoms with E-state index in [1.165, 1.54) is 0 Å². The van der Waals surface area contributed by atoms with Crippen LogP contribution in [-0.2, 0) is 16.0 Å². The normalized spacial score (nSPS) is 12.2. The number of nitrogens with zero attached hydrogens (tertiary/aromatic N) is 2. The topological polar surface area (TPSA) is 81.1 Å². The minimum Gasteiger partial charge on any atom is -0.336 e. The second-order valence-electron chi connectivity index (χ2n) is 4.71. The van der Waals surface area contributed by atoms with Gasteiger partial charge >= 0.3 is 12.2 Å². The summed E-state index contributed by atoms with van der Waals surface area (Å²) in [7, 11) is -4.61. The van der Waals surface area contributed by atoms with E-state index in [1.807, 2.05) is 0 Å². The van der Waals surface area contributed by atoms with Crippen LogP contribution in [0.2, 0.25) is 5.02 Å². The Morgan fingerprint density at radius 3 is 2.56 bits per heavy atom. The number of sulfone groups is 1. The molecule has 0 radical (unpaired) electrons. The zero-order chi connectivity index (χ0) is 19.0. The fourth-order valence-electron chi connectivity index (χ4n) is 1.86. The molecule has 0 saturated carbocycles. The van der Waals surface area contributed by atoms with Gasteiger partial charge < -0.3 is 5.32 Å². The molecule has 0 spiro atoms. The molecule has 2 rings (SSSR count). The molecule has 0 fully saturated rings. The summed E-state index contributed by atoms with van der Waals surface area (Å²) < 4.78 is 77.1. The molecule has 25 heavy (non-hydrogen) atoms. The minimum absolute atomic E-state index is 0.145. The van der Waals surface area contributed by atoms with E-state index in [-0.39, 0.29) is 12.6 Å². The Balaban J connectivity index is 2.55. The van der Waals surface area contributed by atoms with Crippen molar-refractivity contribution in [1.82, 2.24) is 15.1 Å². The third kappa shape index (κ3) is 3.76. The maximum atomic E-state index is 13.3. The number of amides is 1. The van der Waals surface area contributed by atoms with Gasteiger partial charge in [-0.05, 0) is 25.1 Å². The van der Waals surface area contributed by atoms with Crippen LogP contribution in [0.4, 0.5) is 22.4 Å². The van der Waals surface area contributed by atoms with Gasteiger partial charge in [-0.2, -0.15) is 23.0 Å². The number of carbonyl (C=O) groups is 1. The Kier molecular flexibility index (Phi) is 5.09. The maximum absolute atomic E-state index is 13.3. The van der Waals surface area contributed by atoms with Crippen molar-refractivity contribution in [3.05, 3.63) is 40.8 Å². The monoisotopic (exact) mass is 399 g/mol. The number of alkyl halides is 3. The van der Waals surface area contributed by atoms with Crippen molar-refractivity contribution in [2.45, 2.75) is 23.0 Å². The van der Waals surface area contributed by atoms with Gasteiger partial charge in [0.25, 0.3) is 0 Å². The molecule has 1 N–H and O–H groups in total. The Morgan fingerprint density at radius 2 is 2.00 bits per heavy atom. The molecule has 136 valence electrons. The summed E-state index contributed by atoms with van der Waals surface area (Å²) in [6.45, 7) is 1.84. The van der Waals surface area contributed by atoms with Crippen LogP contribution in [0.3, 0.4) is 0 Å². The van der Waals surface area contributed by atoms with Gasteiger partial charge in [-0.15, -0.1) is 0 Å². The van der Waals surface area contributed by atoms with Crippen molar-refractivity contribution in [1.29, 1.82) is 0 Å². The van der Waals surface area contributed by atoms with Crippen molar-refractivity contribution < 1.29 is 30.8 Å². The summed E-state index contributed by atoms with van der Waals surface area (Å²) in [6.07, 6.45) is -4.19. The lowest BCUT2D eigenvalue weighted by atomic mass is 10.2. The van der Waals surface area contributed by atoms with Gasteiger partial charge in [-0.3, -0.25) is 0 Å². The van der Waals surface area contributed by atoms with Crippen LogP contribution in [-0.4, -0.2) is 30.8 Å². The van der Waals surface area contributed by atoms with Gasteiger partial charge in [0.1, 0.15) is 5.82 Å². The Hall–Kier alpha value is -2.14. The smallest absolute Gasteiger partial charge is 0.336 e. The number of benzene rings is 1. The summed E-state index contributed by atoms with van der Waals surface area (Å²) in [6, 6.07) is 0.402. The van der Waals surface area contributed by atoms with Crippen molar-refractivity contribution in [2.24, 2.45) is 0 Å². The van der Waals surface area contributed by atoms with Crippen LogP contribution in [0.1, 0.15) is 12.5 Å². The molecule has 1 aromatic carbocycles. The molecule has 6 nitrogen and oxygen atoms in total. The van der Waals surface area contributed by atoms with Crippen molar-refractivity contribution >= 4 is 27.5 Å². The van der Waals surface area contributed by atoms with Crippen LogP contribution in [0, 0.1) is 5.82 Å². The SMILES string of the molecule is CCNC(=O)n1cc(Cl)c(S(=O)(=O)c2ccc(F)c(C(F)(F)F)c2)n1. The standard InChI is InChI=1S/C13H10ClF4N3O3S/c1-2-19-12(22)21-6-9(14)11(20-21)25(23,24)7-3-4-10(15)8(5-7)13(16,17)18/h3-6H,2H2,1H3,(H,19,22). The van der Waals surface area contributed by atoms with Gasteiger partial charge in [0.15, 0.2) is 0 Å². The fourth-order valence-corrected chi connectivity index (χ4v) is 3.54. The first-order valence-electron chi connectivity index (χ1n) is 6.63. The molecule has 1 aromatic heterocycles. The average molecular weight is 400 g/mol. The van der Waals surface area contributed by atoms with E-state index < -0.39 is 48.4 Å².